The minimum Gasteiger partial charge on any atom is -0.466 e. The molecule has 0 fully saturated rings. The average molecular weight is 319 g/mol. The van der Waals surface area contributed by atoms with Crippen LogP contribution < -0.4 is 0 Å². The number of unbranched alkanes of at least 4 members (excludes halogenated alkanes) is 3. The van der Waals surface area contributed by atoms with E-state index in [9.17, 15) is 4.79 Å². The van der Waals surface area contributed by atoms with Crippen LogP contribution >= 0.6 is 0 Å². The van der Waals surface area contributed by atoms with Crippen LogP contribution in [-0.2, 0) is 9.53 Å². The number of carbonyl (C=O) groups is 1. The molecule has 1 atom stereocenters. The van der Waals surface area contributed by atoms with Gasteiger partial charge < -0.3 is 9.64 Å². The second-order valence-corrected chi connectivity index (χ2v) is 6.11. The zero-order valence-electron chi connectivity index (χ0n) is 15.1. The summed E-state index contributed by atoms with van der Waals surface area (Å²) in [6.45, 7) is 8.04. The van der Waals surface area contributed by atoms with Crippen LogP contribution in [0, 0.1) is 5.92 Å². The molecule has 23 heavy (non-hydrogen) atoms. The Morgan fingerprint density at radius 3 is 2.61 bits per heavy atom. The summed E-state index contributed by atoms with van der Waals surface area (Å²) < 4.78 is 4.61. The summed E-state index contributed by atoms with van der Waals surface area (Å²) >= 11 is 0. The third kappa shape index (κ3) is 8.75. The van der Waals surface area contributed by atoms with Crippen molar-refractivity contribution in [2.45, 2.75) is 52.4 Å². The molecule has 0 N–H and O–H groups in total. The van der Waals surface area contributed by atoms with E-state index in [0.717, 1.165) is 6.42 Å². The molecule has 1 unspecified atom stereocenters. The van der Waals surface area contributed by atoms with Crippen LogP contribution in [0.2, 0.25) is 0 Å². The van der Waals surface area contributed by atoms with E-state index >= 15 is 0 Å². The summed E-state index contributed by atoms with van der Waals surface area (Å²) in [6, 6.07) is 0. The lowest BCUT2D eigenvalue weighted by Crippen LogP contribution is -2.23. The maximum absolute atomic E-state index is 11.1. The molecule has 3 nitrogen and oxygen atoms in total. The van der Waals surface area contributed by atoms with Gasteiger partial charge in [-0.05, 0) is 51.2 Å². The van der Waals surface area contributed by atoms with Gasteiger partial charge in [0.25, 0.3) is 0 Å². The van der Waals surface area contributed by atoms with Crippen LogP contribution in [0.25, 0.3) is 0 Å². The predicted molar refractivity (Wildman–Crippen MR) is 97.4 cm³/mol. The highest BCUT2D eigenvalue weighted by Gasteiger charge is 2.06. The van der Waals surface area contributed by atoms with Gasteiger partial charge in [-0.2, -0.15) is 0 Å². The van der Waals surface area contributed by atoms with E-state index in [1.165, 1.54) is 70.5 Å². The minimum absolute atomic E-state index is 0.280. The van der Waals surface area contributed by atoms with Gasteiger partial charge in [0.15, 0.2) is 0 Å². The SMILES string of the molecule is CCN(CC)CCCCCCC1=CCC(C=CC(=O)OC)C=C1. The van der Waals surface area contributed by atoms with E-state index in [0.29, 0.717) is 5.92 Å². The highest BCUT2D eigenvalue weighted by molar-refractivity contribution is 5.81. The van der Waals surface area contributed by atoms with Crippen LogP contribution in [0.15, 0.2) is 36.0 Å². The summed E-state index contributed by atoms with van der Waals surface area (Å²) in [5.74, 6) is 0.0461. The van der Waals surface area contributed by atoms with Gasteiger partial charge in [-0.1, -0.05) is 56.6 Å². The Kier molecular flexibility index (Phi) is 10.4. The second-order valence-electron chi connectivity index (χ2n) is 6.11. The fourth-order valence-corrected chi connectivity index (χ4v) is 2.84. The van der Waals surface area contributed by atoms with Crippen molar-refractivity contribution in [1.29, 1.82) is 0 Å². The minimum atomic E-state index is -0.280. The maximum atomic E-state index is 11.1. The molecular weight excluding hydrogens is 286 g/mol. The lowest BCUT2D eigenvalue weighted by molar-refractivity contribution is -0.134. The molecule has 1 aliphatic rings. The van der Waals surface area contributed by atoms with Crippen molar-refractivity contribution < 1.29 is 9.53 Å². The Morgan fingerprint density at radius 1 is 1.26 bits per heavy atom. The number of rotatable bonds is 11. The van der Waals surface area contributed by atoms with E-state index in [4.69, 9.17) is 0 Å². The van der Waals surface area contributed by atoms with Gasteiger partial charge >= 0.3 is 5.97 Å². The van der Waals surface area contributed by atoms with Gasteiger partial charge in [0.05, 0.1) is 7.11 Å². The standard InChI is InChI=1S/C20H33NO2/c1-4-21(5-2)17-9-7-6-8-10-18-11-13-19(14-12-18)15-16-20(22)23-3/h11-13,15-16,19H,4-10,14,17H2,1-3H3. The van der Waals surface area contributed by atoms with Crippen molar-refractivity contribution in [3.63, 3.8) is 0 Å². The zero-order valence-corrected chi connectivity index (χ0v) is 15.1. The smallest absolute Gasteiger partial charge is 0.330 e. The van der Waals surface area contributed by atoms with Gasteiger partial charge in [-0.15, -0.1) is 0 Å². The molecule has 1 aliphatic carbocycles. The summed E-state index contributed by atoms with van der Waals surface area (Å²) in [4.78, 5) is 13.6. The monoisotopic (exact) mass is 319 g/mol. The third-order valence-electron chi connectivity index (χ3n) is 4.47. The second kappa shape index (κ2) is 12.1. The van der Waals surface area contributed by atoms with Crippen molar-refractivity contribution >= 4 is 5.97 Å². The Labute approximate surface area is 142 Å². The van der Waals surface area contributed by atoms with Crippen molar-refractivity contribution in [3.05, 3.63) is 36.0 Å². The number of hydrogen-bond donors (Lipinski definition) is 0. The average Bonchev–Trinajstić information content (AvgIpc) is 2.60. The number of allylic oxidation sites excluding steroid dienone is 5. The molecular formula is C20H33NO2. The third-order valence-corrected chi connectivity index (χ3v) is 4.47. The van der Waals surface area contributed by atoms with Crippen molar-refractivity contribution in [1.82, 2.24) is 4.90 Å². The number of esters is 1. The molecule has 0 saturated carbocycles. The van der Waals surface area contributed by atoms with Crippen LogP contribution in [0.1, 0.15) is 52.4 Å². The summed E-state index contributed by atoms with van der Waals surface area (Å²) in [7, 11) is 1.41. The Balaban J connectivity index is 2.11. The predicted octanol–water partition coefficient (Wildman–Crippen LogP) is 4.51. The Hall–Kier alpha value is -1.35. The van der Waals surface area contributed by atoms with Crippen LogP contribution in [-0.4, -0.2) is 37.6 Å². The number of nitrogens with zero attached hydrogens (tertiary/aromatic N) is 1. The van der Waals surface area contributed by atoms with E-state index in [1.54, 1.807) is 0 Å². The van der Waals surface area contributed by atoms with E-state index in [-0.39, 0.29) is 5.97 Å². The van der Waals surface area contributed by atoms with E-state index in [1.807, 2.05) is 6.08 Å². The van der Waals surface area contributed by atoms with Gasteiger partial charge in [0.1, 0.15) is 0 Å². The molecule has 1 rings (SSSR count). The van der Waals surface area contributed by atoms with E-state index in [2.05, 4.69) is 41.7 Å². The van der Waals surface area contributed by atoms with Crippen LogP contribution in [0.3, 0.4) is 0 Å². The number of hydrogen-bond acceptors (Lipinski definition) is 3. The summed E-state index contributed by atoms with van der Waals surface area (Å²) in [5.41, 5.74) is 1.44. The highest BCUT2D eigenvalue weighted by Crippen LogP contribution is 2.21. The summed E-state index contributed by atoms with van der Waals surface area (Å²) in [6.07, 6.45) is 17.6. The quantitative estimate of drug-likeness (QED) is 0.319. The molecule has 0 aliphatic heterocycles. The lowest BCUT2D eigenvalue weighted by atomic mass is 9.93. The lowest BCUT2D eigenvalue weighted by Gasteiger charge is -2.17. The first-order chi connectivity index (χ1) is 11.2. The van der Waals surface area contributed by atoms with Crippen molar-refractivity contribution in [3.8, 4) is 0 Å². The first-order valence-corrected chi connectivity index (χ1v) is 9.05. The fourth-order valence-electron chi connectivity index (χ4n) is 2.84. The largest absolute Gasteiger partial charge is 0.466 e. The molecule has 3 heteroatoms. The van der Waals surface area contributed by atoms with Crippen LogP contribution in [0.5, 0.6) is 0 Å². The molecule has 0 aromatic heterocycles. The summed E-state index contributed by atoms with van der Waals surface area (Å²) in [5, 5.41) is 0. The van der Waals surface area contributed by atoms with Crippen molar-refractivity contribution in [2.24, 2.45) is 5.92 Å². The molecule has 0 radical (unpaired) electrons. The molecule has 130 valence electrons. The molecule has 0 aromatic rings. The van der Waals surface area contributed by atoms with Gasteiger partial charge in [-0.25, -0.2) is 4.79 Å². The molecule has 0 bridgehead atoms. The number of carbonyl (C=O) groups excluding carboxylic acids is 1. The molecule has 0 spiro atoms. The van der Waals surface area contributed by atoms with Crippen molar-refractivity contribution in [2.75, 3.05) is 26.7 Å². The first kappa shape index (κ1) is 19.7. The van der Waals surface area contributed by atoms with Gasteiger partial charge in [0.2, 0.25) is 0 Å². The first-order valence-electron chi connectivity index (χ1n) is 9.05. The maximum Gasteiger partial charge on any atom is 0.330 e. The highest BCUT2D eigenvalue weighted by atomic mass is 16.5. The molecule has 0 amide bonds. The van der Waals surface area contributed by atoms with Gasteiger partial charge in [0, 0.05) is 6.08 Å². The number of methoxy groups -OCH3 is 1. The van der Waals surface area contributed by atoms with Gasteiger partial charge in [-0.3, -0.25) is 0 Å². The fraction of sp³-hybridized carbons (Fsp3) is 0.650. The molecule has 0 heterocycles. The Bertz CT molecular complexity index is 419. The number of ether oxygens (including phenoxy) is 1. The molecule has 0 saturated heterocycles. The zero-order chi connectivity index (χ0) is 16.9. The molecule has 0 aromatic carbocycles. The van der Waals surface area contributed by atoms with E-state index < -0.39 is 0 Å². The Morgan fingerprint density at radius 2 is 2.00 bits per heavy atom. The normalized spacial score (nSPS) is 17.7. The topological polar surface area (TPSA) is 29.5 Å². The van der Waals surface area contributed by atoms with Crippen LogP contribution in [0.4, 0.5) is 0 Å².